The third kappa shape index (κ3) is 14.9. The Morgan fingerprint density at radius 3 is 1.81 bits per heavy atom. The average Bonchev–Trinajstić information content (AvgIpc) is 3.06. The first-order valence-corrected chi connectivity index (χ1v) is 16.3. The molecular formula is C33H54O14. The van der Waals surface area contributed by atoms with E-state index in [9.17, 15) is 45.6 Å². The zero-order valence-electron chi connectivity index (χ0n) is 27.0. The maximum atomic E-state index is 12.0. The Labute approximate surface area is 276 Å². The van der Waals surface area contributed by atoms with E-state index in [-0.39, 0.29) is 13.0 Å². The van der Waals surface area contributed by atoms with Crippen molar-refractivity contribution in [2.24, 2.45) is 0 Å². The summed E-state index contributed by atoms with van der Waals surface area (Å²) < 4.78 is 26.5. The first-order chi connectivity index (χ1) is 22.6. The Balaban J connectivity index is 1.62. The lowest BCUT2D eigenvalue weighted by Crippen LogP contribution is -2.61. The highest BCUT2D eigenvalue weighted by molar-refractivity contribution is 5.69. The van der Waals surface area contributed by atoms with Crippen LogP contribution in [0.4, 0.5) is 0 Å². The molecule has 0 aromatic heterocycles. The van der Waals surface area contributed by atoms with Crippen LogP contribution in [0.1, 0.15) is 58.3 Å². The largest absolute Gasteiger partial charge is 0.463 e. The van der Waals surface area contributed by atoms with Gasteiger partial charge in [0.15, 0.2) is 12.6 Å². The van der Waals surface area contributed by atoms with Crippen LogP contribution < -0.4 is 0 Å². The minimum absolute atomic E-state index is 0.186. The molecule has 2 saturated heterocycles. The SMILES string of the molecule is CC/C=C\C/C=C\C/C=C\C/C=C\CCCCC(=O)OC[C@H](O)CO[C@@H]1O[C@H](CO[C@H]2O[C@H](CO)[C@H](O)[C@H](O)[C@H]2O)[C@H](O)[C@H](O)[C@H]1O. The van der Waals surface area contributed by atoms with Crippen molar-refractivity contribution in [2.75, 3.05) is 26.4 Å². The van der Waals surface area contributed by atoms with E-state index in [2.05, 4.69) is 55.5 Å². The van der Waals surface area contributed by atoms with Crippen molar-refractivity contribution in [2.45, 2.75) is 126 Å². The summed E-state index contributed by atoms with van der Waals surface area (Å²) in [6, 6.07) is 0. The molecule has 0 amide bonds. The number of esters is 1. The third-order valence-corrected chi connectivity index (χ3v) is 7.55. The fraction of sp³-hybridized carbons (Fsp3) is 0.727. The topological polar surface area (TPSA) is 225 Å². The second kappa shape index (κ2) is 23.3. The molecule has 0 unspecified atom stereocenters. The number of aliphatic hydroxyl groups is 8. The highest BCUT2D eigenvalue weighted by Gasteiger charge is 2.47. The Kier molecular flexibility index (Phi) is 20.4. The number of ether oxygens (including phenoxy) is 5. The molecule has 11 atom stereocenters. The molecule has 0 saturated carbocycles. The lowest BCUT2D eigenvalue weighted by atomic mass is 9.98. The summed E-state index contributed by atoms with van der Waals surface area (Å²) in [5.41, 5.74) is 0. The van der Waals surface area contributed by atoms with Crippen LogP contribution in [0, 0.1) is 0 Å². The second-order valence-corrected chi connectivity index (χ2v) is 11.5. The van der Waals surface area contributed by atoms with Gasteiger partial charge >= 0.3 is 5.97 Å². The number of carbonyl (C=O) groups excluding carboxylic acids is 1. The Morgan fingerprint density at radius 1 is 0.681 bits per heavy atom. The van der Waals surface area contributed by atoms with Crippen LogP contribution >= 0.6 is 0 Å². The van der Waals surface area contributed by atoms with Gasteiger partial charge in [0.2, 0.25) is 0 Å². The fourth-order valence-electron chi connectivity index (χ4n) is 4.73. The van der Waals surface area contributed by atoms with Crippen molar-refractivity contribution in [1.29, 1.82) is 0 Å². The first-order valence-electron chi connectivity index (χ1n) is 16.3. The summed E-state index contributed by atoms with van der Waals surface area (Å²) in [7, 11) is 0. The van der Waals surface area contributed by atoms with Gasteiger partial charge in [0.25, 0.3) is 0 Å². The van der Waals surface area contributed by atoms with Crippen molar-refractivity contribution in [3.8, 4) is 0 Å². The van der Waals surface area contributed by atoms with Gasteiger partial charge in [-0.15, -0.1) is 0 Å². The third-order valence-electron chi connectivity index (χ3n) is 7.55. The van der Waals surface area contributed by atoms with Gasteiger partial charge in [-0.2, -0.15) is 0 Å². The molecule has 14 heteroatoms. The van der Waals surface area contributed by atoms with E-state index < -0.39 is 93.3 Å². The number of aliphatic hydroxyl groups excluding tert-OH is 8. The van der Waals surface area contributed by atoms with Crippen molar-refractivity contribution in [1.82, 2.24) is 0 Å². The Bertz CT molecular complexity index is 969. The van der Waals surface area contributed by atoms with Gasteiger partial charge in [-0.1, -0.05) is 55.5 Å². The summed E-state index contributed by atoms with van der Waals surface area (Å²) in [5.74, 6) is -0.480. The smallest absolute Gasteiger partial charge is 0.305 e. The molecule has 2 aliphatic heterocycles. The monoisotopic (exact) mass is 674 g/mol. The van der Waals surface area contributed by atoms with E-state index in [1.54, 1.807) is 0 Å². The molecule has 2 rings (SSSR count). The average molecular weight is 675 g/mol. The molecule has 2 aliphatic rings. The highest BCUT2D eigenvalue weighted by Crippen LogP contribution is 2.26. The minimum Gasteiger partial charge on any atom is -0.463 e. The van der Waals surface area contributed by atoms with Crippen molar-refractivity contribution >= 4 is 5.97 Å². The number of hydrogen-bond acceptors (Lipinski definition) is 14. The lowest BCUT2D eigenvalue weighted by Gasteiger charge is -2.42. The predicted molar refractivity (Wildman–Crippen MR) is 168 cm³/mol. The van der Waals surface area contributed by atoms with E-state index in [1.807, 2.05) is 0 Å². The van der Waals surface area contributed by atoms with E-state index in [4.69, 9.17) is 23.7 Å². The van der Waals surface area contributed by atoms with E-state index in [0.29, 0.717) is 6.42 Å². The summed E-state index contributed by atoms with van der Waals surface area (Å²) in [4.78, 5) is 12.0. The molecule has 14 nitrogen and oxygen atoms in total. The van der Waals surface area contributed by atoms with Gasteiger partial charge < -0.3 is 64.5 Å². The molecule has 0 bridgehead atoms. The van der Waals surface area contributed by atoms with Gasteiger partial charge in [-0.05, 0) is 44.9 Å². The molecule has 47 heavy (non-hydrogen) atoms. The van der Waals surface area contributed by atoms with Crippen LogP contribution in [-0.4, -0.2) is 141 Å². The number of unbranched alkanes of at least 4 members (excludes halogenated alkanes) is 2. The molecule has 0 aromatic carbocycles. The van der Waals surface area contributed by atoms with E-state index in [0.717, 1.165) is 38.5 Å². The fourth-order valence-corrected chi connectivity index (χ4v) is 4.73. The highest BCUT2D eigenvalue weighted by atomic mass is 16.7. The number of carbonyl (C=O) groups is 1. The normalized spacial score (nSPS) is 32.6. The first kappa shape index (κ1) is 41.1. The predicted octanol–water partition coefficient (Wildman–Crippen LogP) is -0.103. The quantitative estimate of drug-likeness (QED) is 0.0452. The Morgan fingerprint density at radius 2 is 1.21 bits per heavy atom. The van der Waals surface area contributed by atoms with E-state index >= 15 is 0 Å². The molecule has 0 aliphatic carbocycles. The zero-order valence-corrected chi connectivity index (χ0v) is 27.0. The van der Waals surface area contributed by atoms with E-state index in [1.165, 1.54) is 0 Å². The van der Waals surface area contributed by atoms with Crippen LogP contribution in [-0.2, 0) is 28.5 Å². The second-order valence-electron chi connectivity index (χ2n) is 11.5. The van der Waals surface area contributed by atoms with Crippen LogP contribution in [0.25, 0.3) is 0 Å². The number of allylic oxidation sites excluding steroid dienone is 8. The van der Waals surface area contributed by atoms with Crippen molar-refractivity contribution < 1.29 is 69.3 Å². The maximum absolute atomic E-state index is 12.0. The van der Waals surface area contributed by atoms with Gasteiger partial charge in [-0.25, -0.2) is 0 Å². The molecule has 0 radical (unpaired) electrons. The van der Waals surface area contributed by atoms with Crippen LogP contribution in [0.2, 0.25) is 0 Å². The van der Waals surface area contributed by atoms with Crippen LogP contribution in [0.15, 0.2) is 48.6 Å². The van der Waals surface area contributed by atoms with Crippen LogP contribution in [0.5, 0.6) is 0 Å². The molecule has 0 spiro atoms. The molecule has 2 fully saturated rings. The minimum atomic E-state index is -1.73. The van der Waals surface area contributed by atoms with Gasteiger partial charge in [0, 0.05) is 6.42 Å². The van der Waals surface area contributed by atoms with Gasteiger partial charge in [0.1, 0.15) is 61.5 Å². The molecule has 270 valence electrons. The summed E-state index contributed by atoms with van der Waals surface area (Å²) in [6.45, 7) is 0.119. The summed E-state index contributed by atoms with van der Waals surface area (Å²) >= 11 is 0. The standard InChI is InChI=1S/C33H54O14/c1-2-3-4-5-6-7-8-9-10-11-12-13-14-15-16-17-25(36)43-19-22(35)20-44-32-31(42)29(40)27(38)24(47-32)21-45-33-30(41)28(39)26(37)23(18-34)46-33/h3-4,6-7,9-10,12-13,22-24,26-35,37-42H,2,5,8,11,14-21H2,1H3/b4-3-,7-6-,10-9-,13-12-/t22-,23+,24+,26-,27-,28-,29-,30+,31+,32+,33-/m0/s1. The molecule has 0 aromatic rings. The maximum Gasteiger partial charge on any atom is 0.305 e. The molecule has 8 N–H and O–H groups in total. The molecular weight excluding hydrogens is 620 g/mol. The molecule has 2 heterocycles. The van der Waals surface area contributed by atoms with Gasteiger partial charge in [-0.3, -0.25) is 4.79 Å². The Hall–Kier alpha value is -2.05. The van der Waals surface area contributed by atoms with Crippen molar-refractivity contribution in [3.05, 3.63) is 48.6 Å². The number of hydrogen-bond donors (Lipinski definition) is 8. The zero-order chi connectivity index (χ0) is 34.6. The van der Waals surface area contributed by atoms with Gasteiger partial charge in [0.05, 0.1) is 19.8 Å². The summed E-state index contributed by atoms with van der Waals surface area (Å²) in [5, 5.41) is 80.3. The lowest BCUT2D eigenvalue weighted by molar-refractivity contribution is -0.332. The van der Waals surface area contributed by atoms with Crippen molar-refractivity contribution in [3.63, 3.8) is 0 Å². The number of rotatable bonds is 21. The summed E-state index contributed by atoms with van der Waals surface area (Å²) in [6.07, 6.45) is 6.35. The van der Waals surface area contributed by atoms with Crippen LogP contribution in [0.3, 0.4) is 0 Å².